The molecular formula is C20H18O4. The van der Waals surface area contributed by atoms with E-state index in [2.05, 4.69) is 0 Å². The summed E-state index contributed by atoms with van der Waals surface area (Å²) in [7, 11) is 0. The Labute approximate surface area is 139 Å². The summed E-state index contributed by atoms with van der Waals surface area (Å²) in [5.41, 5.74) is 1.74. The molecule has 0 amide bonds. The van der Waals surface area contributed by atoms with E-state index in [-0.39, 0.29) is 11.5 Å². The van der Waals surface area contributed by atoms with Crippen molar-refractivity contribution < 1.29 is 14.3 Å². The van der Waals surface area contributed by atoms with Crippen LogP contribution in [0, 0.1) is 0 Å². The molecule has 0 bridgehead atoms. The number of allylic oxidation sites excluding steroid dienone is 1. The van der Waals surface area contributed by atoms with Gasteiger partial charge in [0.2, 0.25) is 11.2 Å². The molecule has 0 radical (unpaired) electrons. The minimum absolute atomic E-state index is 0.162. The molecule has 0 atom stereocenters. The first-order valence-corrected chi connectivity index (χ1v) is 7.67. The van der Waals surface area contributed by atoms with Crippen molar-refractivity contribution in [3.8, 4) is 22.8 Å². The fourth-order valence-corrected chi connectivity index (χ4v) is 2.34. The van der Waals surface area contributed by atoms with Crippen molar-refractivity contribution in [2.24, 2.45) is 0 Å². The zero-order valence-corrected chi connectivity index (χ0v) is 13.6. The number of hydrogen-bond acceptors (Lipinski definition) is 4. The standard InChI is InChI=1S/C20H18O4/c1-13(2)10-11-23-15-8-9-16-17(12-15)24-20(19(22)18(16)21)14-6-4-3-5-7-14/h3-10,12,22H,11H2,1-2H3. The molecule has 0 fully saturated rings. The van der Waals surface area contributed by atoms with Gasteiger partial charge in [0, 0.05) is 11.6 Å². The van der Waals surface area contributed by atoms with Crippen LogP contribution >= 0.6 is 0 Å². The molecule has 1 aromatic heterocycles. The highest BCUT2D eigenvalue weighted by atomic mass is 16.5. The van der Waals surface area contributed by atoms with Gasteiger partial charge in [-0.2, -0.15) is 0 Å². The van der Waals surface area contributed by atoms with Crippen molar-refractivity contribution in [1.29, 1.82) is 0 Å². The smallest absolute Gasteiger partial charge is 0.235 e. The minimum atomic E-state index is -0.453. The van der Waals surface area contributed by atoms with E-state index in [0.29, 0.717) is 28.9 Å². The van der Waals surface area contributed by atoms with Crippen LogP contribution in [-0.2, 0) is 0 Å². The minimum Gasteiger partial charge on any atom is -0.502 e. The largest absolute Gasteiger partial charge is 0.502 e. The van der Waals surface area contributed by atoms with E-state index in [9.17, 15) is 9.90 Å². The predicted molar refractivity (Wildman–Crippen MR) is 94.5 cm³/mol. The van der Waals surface area contributed by atoms with Crippen molar-refractivity contribution in [1.82, 2.24) is 0 Å². The van der Waals surface area contributed by atoms with Crippen LogP contribution in [0.5, 0.6) is 11.5 Å². The van der Waals surface area contributed by atoms with Gasteiger partial charge in [0.1, 0.15) is 17.9 Å². The molecule has 122 valence electrons. The van der Waals surface area contributed by atoms with E-state index >= 15 is 0 Å². The maximum Gasteiger partial charge on any atom is 0.235 e. The number of rotatable bonds is 4. The van der Waals surface area contributed by atoms with Crippen molar-refractivity contribution in [3.05, 3.63) is 70.4 Å². The van der Waals surface area contributed by atoms with Gasteiger partial charge in [-0.1, -0.05) is 35.9 Å². The lowest BCUT2D eigenvalue weighted by Gasteiger charge is -2.08. The molecule has 4 nitrogen and oxygen atoms in total. The van der Waals surface area contributed by atoms with Crippen LogP contribution in [0.1, 0.15) is 13.8 Å². The maximum atomic E-state index is 12.4. The van der Waals surface area contributed by atoms with Crippen LogP contribution in [0.3, 0.4) is 0 Å². The molecule has 1 N–H and O–H groups in total. The Hall–Kier alpha value is -3.01. The molecule has 4 heteroatoms. The Morgan fingerprint density at radius 3 is 2.62 bits per heavy atom. The summed E-state index contributed by atoms with van der Waals surface area (Å²) in [6.07, 6.45) is 1.96. The van der Waals surface area contributed by atoms with E-state index in [1.54, 1.807) is 30.3 Å². The molecule has 3 aromatic rings. The zero-order chi connectivity index (χ0) is 17.1. The molecule has 0 spiro atoms. The van der Waals surface area contributed by atoms with Gasteiger partial charge in [-0.25, -0.2) is 0 Å². The van der Waals surface area contributed by atoms with Gasteiger partial charge in [0.15, 0.2) is 5.76 Å². The Morgan fingerprint density at radius 1 is 1.17 bits per heavy atom. The summed E-state index contributed by atoms with van der Waals surface area (Å²) in [6, 6.07) is 14.0. The average Bonchev–Trinajstić information content (AvgIpc) is 2.58. The maximum absolute atomic E-state index is 12.4. The van der Waals surface area contributed by atoms with Crippen LogP contribution in [0.25, 0.3) is 22.3 Å². The highest BCUT2D eigenvalue weighted by Gasteiger charge is 2.15. The van der Waals surface area contributed by atoms with Crippen molar-refractivity contribution in [2.75, 3.05) is 6.61 Å². The Kier molecular flexibility index (Phi) is 4.38. The van der Waals surface area contributed by atoms with Crippen LogP contribution in [0.2, 0.25) is 0 Å². The van der Waals surface area contributed by atoms with Crippen molar-refractivity contribution in [2.45, 2.75) is 13.8 Å². The third kappa shape index (κ3) is 3.18. The zero-order valence-electron chi connectivity index (χ0n) is 13.6. The second-order valence-electron chi connectivity index (χ2n) is 5.73. The van der Waals surface area contributed by atoms with Gasteiger partial charge in [-0.3, -0.25) is 4.79 Å². The molecule has 0 unspecified atom stereocenters. The molecule has 0 aliphatic rings. The molecule has 0 aliphatic heterocycles. The van der Waals surface area contributed by atoms with Gasteiger partial charge in [0.05, 0.1) is 5.39 Å². The fourth-order valence-electron chi connectivity index (χ4n) is 2.34. The van der Waals surface area contributed by atoms with Gasteiger partial charge in [-0.15, -0.1) is 0 Å². The highest BCUT2D eigenvalue weighted by Crippen LogP contribution is 2.31. The fraction of sp³-hybridized carbons (Fsp3) is 0.150. The Bertz CT molecular complexity index is 949. The number of ether oxygens (including phenoxy) is 1. The van der Waals surface area contributed by atoms with Gasteiger partial charge in [-0.05, 0) is 32.1 Å². The van der Waals surface area contributed by atoms with Gasteiger partial charge in [0.25, 0.3) is 0 Å². The number of aromatic hydroxyl groups is 1. The number of hydrogen-bond donors (Lipinski definition) is 1. The van der Waals surface area contributed by atoms with Crippen LogP contribution < -0.4 is 10.2 Å². The summed E-state index contributed by atoms with van der Waals surface area (Å²) >= 11 is 0. The molecular weight excluding hydrogens is 304 g/mol. The van der Waals surface area contributed by atoms with Crippen LogP contribution in [0.4, 0.5) is 0 Å². The summed E-state index contributed by atoms with van der Waals surface area (Å²) in [6.45, 7) is 4.44. The lowest BCUT2D eigenvalue weighted by Crippen LogP contribution is -2.03. The first kappa shape index (κ1) is 15.9. The quantitative estimate of drug-likeness (QED) is 0.718. The molecule has 0 saturated carbocycles. The molecule has 2 aromatic carbocycles. The van der Waals surface area contributed by atoms with E-state index in [4.69, 9.17) is 9.15 Å². The average molecular weight is 322 g/mol. The summed E-state index contributed by atoms with van der Waals surface area (Å²) in [5, 5.41) is 10.5. The third-order valence-electron chi connectivity index (χ3n) is 3.62. The van der Waals surface area contributed by atoms with Crippen LogP contribution in [0.15, 0.2) is 69.4 Å². The van der Waals surface area contributed by atoms with Crippen molar-refractivity contribution >= 4 is 11.0 Å². The second-order valence-corrected chi connectivity index (χ2v) is 5.73. The lowest BCUT2D eigenvalue weighted by molar-refractivity contribution is 0.361. The Balaban J connectivity index is 2.07. The SMILES string of the molecule is CC(C)=CCOc1ccc2c(=O)c(O)c(-c3ccccc3)oc2c1. The normalized spacial score (nSPS) is 10.6. The van der Waals surface area contributed by atoms with Crippen molar-refractivity contribution in [3.63, 3.8) is 0 Å². The molecule has 0 saturated heterocycles. The van der Waals surface area contributed by atoms with E-state index < -0.39 is 5.43 Å². The summed E-state index contributed by atoms with van der Waals surface area (Å²) in [5.74, 6) is 0.384. The first-order chi connectivity index (χ1) is 11.6. The number of benzene rings is 2. The Morgan fingerprint density at radius 2 is 1.92 bits per heavy atom. The predicted octanol–water partition coefficient (Wildman–Crippen LogP) is 4.51. The van der Waals surface area contributed by atoms with E-state index in [1.165, 1.54) is 5.57 Å². The van der Waals surface area contributed by atoms with Gasteiger partial charge < -0.3 is 14.3 Å². The summed E-state index contributed by atoms with van der Waals surface area (Å²) < 4.78 is 11.4. The first-order valence-electron chi connectivity index (χ1n) is 7.67. The monoisotopic (exact) mass is 322 g/mol. The molecule has 3 rings (SSSR count). The number of fused-ring (bicyclic) bond motifs is 1. The molecule has 24 heavy (non-hydrogen) atoms. The topological polar surface area (TPSA) is 59.7 Å². The van der Waals surface area contributed by atoms with Gasteiger partial charge >= 0.3 is 0 Å². The third-order valence-corrected chi connectivity index (χ3v) is 3.62. The molecule has 1 heterocycles. The second kappa shape index (κ2) is 6.62. The summed E-state index contributed by atoms with van der Waals surface area (Å²) in [4.78, 5) is 12.4. The van der Waals surface area contributed by atoms with Crippen LogP contribution in [-0.4, -0.2) is 11.7 Å². The van der Waals surface area contributed by atoms with E-state index in [0.717, 1.165) is 0 Å². The molecule has 0 aliphatic carbocycles. The lowest BCUT2D eigenvalue weighted by atomic mass is 10.1. The van der Waals surface area contributed by atoms with E-state index in [1.807, 2.05) is 38.1 Å². The highest BCUT2D eigenvalue weighted by molar-refractivity contribution is 5.82.